The molecule has 0 aliphatic rings. The van der Waals surface area contributed by atoms with Gasteiger partial charge in [0.2, 0.25) is 0 Å². The van der Waals surface area contributed by atoms with E-state index in [1.54, 1.807) is 62.4 Å². The Morgan fingerprint density at radius 2 is 1.67 bits per heavy atom. The highest BCUT2D eigenvalue weighted by atomic mass is 19.1. The Kier molecular flexibility index (Phi) is 10.6. The van der Waals surface area contributed by atoms with Crippen LogP contribution in [-0.4, -0.2) is 49.4 Å². The van der Waals surface area contributed by atoms with E-state index >= 15 is 4.39 Å². The smallest absolute Gasteiger partial charge is 0.347 e. The second kappa shape index (κ2) is 14.3. The van der Waals surface area contributed by atoms with Crippen molar-refractivity contribution in [1.82, 2.24) is 0 Å². The number of aliphatic imine (C=N–C) groups is 1. The molecule has 0 aliphatic carbocycles. The van der Waals surface area contributed by atoms with Crippen LogP contribution in [0.2, 0.25) is 0 Å². The molecule has 0 saturated carbocycles. The maximum absolute atomic E-state index is 15.2. The lowest BCUT2D eigenvalue weighted by Gasteiger charge is -2.21. The lowest BCUT2D eigenvalue weighted by Crippen LogP contribution is -2.25. The minimum Gasteiger partial charge on any atom is -0.490 e. The molecule has 11 heteroatoms. The molecule has 3 aromatic rings. The predicted octanol–water partition coefficient (Wildman–Crippen LogP) is 4.25. The second-order valence-corrected chi connectivity index (χ2v) is 8.03. The summed E-state index contributed by atoms with van der Waals surface area (Å²) < 4.78 is 31.3. The number of amides is 2. The van der Waals surface area contributed by atoms with Gasteiger partial charge in [0.15, 0.2) is 17.5 Å². The standard InChI is InChI=1S/C28H31FN4O6/c1-3-37-23-16-21(22(29)17-24(23)39-15-14-34)25(27(35)38-4-2)31-20-12-10-18(11-13-20)26(30)33-28(36)32-19-8-6-5-7-9-19/h5-13,16-17,25,31,34H,3-4,14-15H2,1-2H3,(H3,30,32,33,36)/t25-/m0/s1. The van der Waals surface area contributed by atoms with Gasteiger partial charge in [-0.1, -0.05) is 18.2 Å². The molecule has 0 aliphatic heterocycles. The van der Waals surface area contributed by atoms with Crippen LogP contribution >= 0.6 is 0 Å². The Bertz CT molecular complexity index is 1290. The van der Waals surface area contributed by atoms with Crippen molar-refractivity contribution in [2.75, 3.05) is 37.1 Å². The van der Waals surface area contributed by atoms with Crippen LogP contribution in [0.25, 0.3) is 0 Å². The van der Waals surface area contributed by atoms with E-state index in [4.69, 9.17) is 25.1 Å². The van der Waals surface area contributed by atoms with E-state index in [1.807, 2.05) is 6.07 Å². The number of para-hydroxylation sites is 1. The maximum atomic E-state index is 15.2. The predicted molar refractivity (Wildman–Crippen MR) is 146 cm³/mol. The van der Waals surface area contributed by atoms with E-state index in [-0.39, 0.29) is 49.3 Å². The fourth-order valence-electron chi connectivity index (χ4n) is 3.55. The van der Waals surface area contributed by atoms with E-state index in [9.17, 15) is 9.59 Å². The number of anilines is 2. The number of nitrogens with zero attached hydrogens (tertiary/aromatic N) is 1. The number of aliphatic hydroxyl groups is 1. The van der Waals surface area contributed by atoms with E-state index in [2.05, 4.69) is 15.6 Å². The molecule has 5 N–H and O–H groups in total. The number of nitrogens with one attached hydrogen (secondary N) is 2. The van der Waals surface area contributed by atoms with E-state index in [0.717, 1.165) is 6.07 Å². The van der Waals surface area contributed by atoms with Gasteiger partial charge in [-0.2, -0.15) is 4.99 Å². The number of carbonyl (C=O) groups excluding carboxylic acids is 2. The number of ether oxygens (including phenoxy) is 3. The Labute approximate surface area is 225 Å². The molecule has 2 amide bonds. The van der Waals surface area contributed by atoms with Crippen LogP contribution in [0.3, 0.4) is 0 Å². The SMILES string of the molecule is CCOC(=O)[C@@H](Nc1ccc(/C(N)=N/C(=O)Nc2ccccc2)cc1)c1cc(OCC)c(OCCO)cc1F. The van der Waals surface area contributed by atoms with Crippen molar-refractivity contribution >= 4 is 29.2 Å². The first-order valence-corrected chi connectivity index (χ1v) is 12.3. The van der Waals surface area contributed by atoms with Gasteiger partial charge < -0.3 is 35.7 Å². The van der Waals surface area contributed by atoms with Crippen LogP contribution in [0.4, 0.5) is 20.6 Å². The van der Waals surface area contributed by atoms with E-state index in [0.29, 0.717) is 16.9 Å². The molecule has 0 saturated heterocycles. The normalized spacial score (nSPS) is 11.8. The minimum absolute atomic E-state index is 0.0113. The quantitative estimate of drug-likeness (QED) is 0.152. The molecular weight excluding hydrogens is 507 g/mol. The first kappa shape index (κ1) is 28.9. The number of nitrogens with two attached hydrogens (primary N) is 1. The third kappa shape index (κ3) is 8.17. The summed E-state index contributed by atoms with van der Waals surface area (Å²) in [6, 6.07) is 15.9. The zero-order chi connectivity index (χ0) is 28.2. The molecule has 0 fully saturated rings. The fraction of sp³-hybridized carbons (Fsp3) is 0.250. The molecule has 0 heterocycles. The number of carbonyl (C=O) groups is 2. The summed E-state index contributed by atoms with van der Waals surface area (Å²) in [6.45, 7) is 3.45. The van der Waals surface area contributed by atoms with Crippen molar-refractivity contribution in [1.29, 1.82) is 0 Å². The Balaban J connectivity index is 1.83. The van der Waals surface area contributed by atoms with Gasteiger partial charge in [-0.3, -0.25) is 0 Å². The molecule has 3 aromatic carbocycles. The average molecular weight is 539 g/mol. The molecular formula is C28H31FN4O6. The Morgan fingerprint density at radius 3 is 2.31 bits per heavy atom. The van der Waals surface area contributed by atoms with Gasteiger partial charge in [0.25, 0.3) is 0 Å². The Morgan fingerprint density at radius 1 is 0.974 bits per heavy atom. The largest absolute Gasteiger partial charge is 0.490 e. The first-order chi connectivity index (χ1) is 18.9. The molecule has 1 atom stereocenters. The number of esters is 1. The molecule has 0 aromatic heterocycles. The number of hydrogen-bond acceptors (Lipinski definition) is 7. The molecule has 39 heavy (non-hydrogen) atoms. The summed E-state index contributed by atoms with van der Waals surface area (Å²) in [5.41, 5.74) is 7.48. The topological polar surface area (TPSA) is 144 Å². The third-order valence-electron chi connectivity index (χ3n) is 5.28. The fourth-order valence-corrected chi connectivity index (χ4v) is 3.55. The van der Waals surface area contributed by atoms with Crippen molar-refractivity contribution < 1.29 is 33.3 Å². The van der Waals surface area contributed by atoms with Crippen LogP contribution in [0.15, 0.2) is 71.7 Å². The molecule has 0 spiro atoms. The number of hydrogen-bond donors (Lipinski definition) is 4. The van der Waals surface area contributed by atoms with Gasteiger partial charge in [-0.25, -0.2) is 14.0 Å². The number of rotatable bonds is 12. The highest BCUT2D eigenvalue weighted by molar-refractivity contribution is 6.06. The van der Waals surface area contributed by atoms with Crippen LogP contribution in [0.1, 0.15) is 31.0 Å². The van der Waals surface area contributed by atoms with Crippen LogP contribution in [-0.2, 0) is 9.53 Å². The van der Waals surface area contributed by atoms with Crippen molar-refractivity contribution in [3.05, 3.63) is 83.7 Å². The van der Waals surface area contributed by atoms with Gasteiger partial charge in [0, 0.05) is 28.6 Å². The monoisotopic (exact) mass is 538 g/mol. The third-order valence-corrected chi connectivity index (χ3v) is 5.28. The molecule has 0 unspecified atom stereocenters. The summed E-state index contributed by atoms with van der Waals surface area (Å²) >= 11 is 0. The summed E-state index contributed by atoms with van der Waals surface area (Å²) in [4.78, 5) is 28.9. The number of amidine groups is 1. The summed E-state index contributed by atoms with van der Waals surface area (Å²) in [6.07, 6.45) is 0. The minimum atomic E-state index is -1.22. The van der Waals surface area contributed by atoms with Crippen molar-refractivity contribution in [2.45, 2.75) is 19.9 Å². The Hall–Kier alpha value is -4.64. The highest BCUT2D eigenvalue weighted by Crippen LogP contribution is 2.35. The lowest BCUT2D eigenvalue weighted by molar-refractivity contribution is -0.144. The lowest BCUT2D eigenvalue weighted by atomic mass is 10.0. The average Bonchev–Trinajstić information content (AvgIpc) is 2.92. The van der Waals surface area contributed by atoms with Crippen LogP contribution < -0.4 is 25.8 Å². The number of aliphatic hydroxyl groups excluding tert-OH is 1. The molecule has 3 rings (SSSR count). The van der Waals surface area contributed by atoms with Gasteiger partial charge in [0.1, 0.15) is 18.3 Å². The van der Waals surface area contributed by atoms with Gasteiger partial charge >= 0.3 is 12.0 Å². The zero-order valence-corrected chi connectivity index (χ0v) is 21.6. The van der Waals surface area contributed by atoms with Gasteiger partial charge in [0.05, 0.1) is 19.8 Å². The molecule has 0 radical (unpaired) electrons. The second-order valence-electron chi connectivity index (χ2n) is 8.03. The molecule has 206 valence electrons. The van der Waals surface area contributed by atoms with E-state index < -0.39 is 23.9 Å². The van der Waals surface area contributed by atoms with Crippen LogP contribution in [0, 0.1) is 5.82 Å². The maximum Gasteiger partial charge on any atom is 0.347 e. The van der Waals surface area contributed by atoms with Gasteiger partial charge in [-0.05, 0) is 56.3 Å². The van der Waals surface area contributed by atoms with Crippen LogP contribution in [0.5, 0.6) is 11.5 Å². The first-order valence-electron chi connectivity index (χ1n) is 12.3. The summed E-state index contributed by atoms with van der Waals surface area (Å²) in [7, 11) is 0. The number of benzene rings is 3. The van der Waals surface area contributed by atoms with Gasteiger partial charge in [-0.15, -0.1) is 0 Å². The molecule has 0 bridgehead atoms. The summed E-state index contributed by atoms with van der Waals surface area (Å²) in [5, 5.41) is 14.6. The van der Waals surface area contributed by atoms with Crippen molar-refractivity contribution in [2.24, 2.45) is 10.7 Å². The highest BCUT2D eigenvalue weighted by Gasteiger charge is 2.27. The van der Waals surface area contributed by atoms with Crippen molar-refractivity contribution in [3.8, 4) is 11.5 Å². The van der Waals surface area contributed by atoms with E-state index in [1.165, 1.54) is 6.07 Å². The summed E-state index contributed by atoms with van der Waals surface area (Å²) in [5.74, 6) is -1.13. The zero-order valence-electron chi connectivity index (χ0n) is 21.6. The number of halogens is 1. The molecule has 10 nitrogen and oxygen atoms in total. The van der Waals surface area contributed by atoms with Crippen molar-refractivity contribution in [3.63, 3.8) is 0 Å². The number of urea groups is 1.